The summed E-state index contributed by atoms with van der Waals surface area (Å²) < 4.78 is 0. The van der Waals surface area contributed by atoms with Crippen molar-refractivity contribution in [2.24, 2.45) is 10.8 Å². The second-order valence-corrected chi connectivity index (χ2v) is 8.16. The Morgan fingerprint density at radius 2 is 2.00 bits per heavy atom. The fourth-order valence-corrected chi connectivity index (χ4v) is 4.63. The molecule has 0 radical (unpaired) electrons. The van der Waals surface area contributed by atoms with Crippen molar-refractivity contribution in [3.63, 3.8) is 0 Å². The first kappa shape index (κ1) is 14.7. The predicted octanol–water partition coefficient (Wildman–Crippen LogP) is 4.77. The third kappa shape index (κ3) is 2.89. The quantitative estimate of drug-likeness (QED) is 0.796. The normalized spacial score (nSPS) is 30.3. The van der Waals surface area contributed by atoms with Crippen LogP contribution < -0.4 is 5.32 Å². The van der Waals surface area contributed by atoms with Crippen LogP contribution in [0.2, 0.25) is 5.02 Å². The standard InChI is InChI=1S/C17H23ClN2O/c1-16(2)8-12-9-17(3,10-16)11-20(12)15(21)19-14-7-5-4-6-13(14)18/h4-7,12H,8-11H2,1-3H3,(H,19,21). The van der Waals surface area contributed by atoms with E-state index in [1.807, 2.05) is 23.1 Å². The fourth-order valence-electron chi connectivity index (χ4n) is 4.45. The Morgan fingerprint density at radius 3 is 2.71 bits per heavy atom. The Morgan fingerprint density at radius 1 is 1.29 bits per heavy atom. The summed E-state index contributed by atoms with van der Waals surface area (Å²) >= 11 is 6.13. The van der Waals surface area contributed by atoms with Crippen LogP contribution in [0.1, 0.15) is 40.0 Å². The van der Waals surface area contributed by atoms with E-state index in [9.17, 15) is 4.79 Å². The summed E-state index contributed by atoms with van der Waals surface area (Å²) in [6.07, 6.45) is 3.39. The topological polar surface area (TPSA) is 32.3 Å². The molecule has 1 aliphatic heterocycles. The molecule has 2 unspecified atom stereocenters. The summed E-state index contributed by atoms with van der Waals surface area (Å²) in [6.45, 7) is 7.78. The SMILES string of the molecule is CC1(C)CC2CC(C)(CN2C(=O)Nc2ccccc2Cl)C1. The number of hydrogen-bond donors (Lipinski definition) is 1. The molecule has 1 heterocycles. The number of fused-ring (bicyclic) bond motifs is 2. The minimum absolute atomic E-state index is 0.0190. The number of urea groups is 1. The predicted molar refractivity (Wildman–Crippen MR) is 86.7 cm³/mol. The van der Waals surface area contributed by atoms with E-state index in [0.717, 1.165) is 19.4 Å². The molecule has 1 saturated heterocycles. The molecule has 0 aromatic heterocycles. The highest BCUT2D eigenvalue weighted by Gasteiger charge is 2.51. The molecule has 1 aromatic carbocycles. The number of carbonyl (C=O) groups is 1. The van der Waals surface area contributed by atoms with E-state index in [-0.39, 0.29) is 11.4 Å². The molecule has 3 nitrogen and oxygen atoms in total. The maximum Gasteiger partial charge on any atom is 0.322 e. The maximum absolute atomic E-state index is 12.6. The van der Waals surface area contributed by atoms with Crippen molar-refractivity contribution in [1.29, 1.82) is 0 Å². The second kappa shape index (κ2) is 4.91. The molecular weight excluding hydrogens is 284 g/mol. The van der Waals surface area contributed by atoms with E-state index in [1.165, 1.54) is 6.42 Å². The first-order chi connectivity index (χ1) is 9.78. The van der Waals surface area contributed by atoms with Gasteiger partial charge in [0.1, 0.15) is 0 Å². The van der Waals surface area contributed by atoms with E-state index in [2.05, 4.69) is 26.1 Å². The van der Waals surface area contributed by atoms with Crippen LogP contribution in [0.15, 0.2) is 24.3 Å². The summed E-state index contributed by atoms with van der Waals surface area (Å²) in [6, 6.07) is 7.72. The average Bonchev–Trinajstić information content (AvgIpc) is 2.61. The number of nitrogens with zero attached hydrogens (tertiary/aromatic N) is 1. The van der Waals surface area contributed by atoms with Crippen LogP contribution in [0, 0.1) is 10.8 Å². The van der Waals surface area contributed by atoms with Gasteiger partial charge in [-0.05, 0) is 42.2 Å². The molecule has 3 rings (SSSR count). The highest BCUT2D eigenvalue weighted by Crippen LogP contribution is 2.52. The number of carbonyl (C=O) groups excluding carboxylic acids is 1. The minimum Gasteiger partial charge on any atom is -0.321 e. The molecule has 2 atom stereocenters. The van der Waals surface area contributed by atoms with Gasteiger partial charge in [-0.2, -0.15) is 0 Å². The lowest BCUT2D eigenvalue weighted by atomic mass is 9.65. The molecule has 1 saturated carbocycles. The molecule has 2 aliphatic rings. The fraction of sp³-hybridized carbons (Fsp3) is 0.588. The van der Waals surface area contributed by atoms with Gasteiger partial charge in [-0.3, -0.25) is 0 Å². The Bertz CT molecular complexity index is 572. The van der Waals surface area contributed by atoms with E-state index in [4.69, 9.17) is 11.6 Å². The van der Waals surface area contributed by atoms with Crippen molar-refractivity contribution in [2.45, 2.75) is 46.1 Å². The number of halogens is 1. The summed E-state index contributed by atoms with van der Waals surface area (Å²) in [5.74, 6) is 0. The van der Waals surface area contributed by atoms with Crippen LogP contribution in [0.3, 0.4) is 0 Å². The van der Waals surface area contributed by atoms with Crippen molar-refractivity contribution in [2.75, 3.05) is 11.9 Å². The zero-order chi connectivity index (χ0) is 15.3. The van der Waals surface area contributed by atoms with Gasteiger partial charge < -0.3 is 10.2 Å². The van der Waals surface area contributed by atoms with Crippen molar-refractivity contribution < 1.29 is 4.79 Å². The lowest BCUT2D eigenvalue weighted by molar-refractivity contribution is 0.130. The monoisotopic (exact) mass is 306 g/mol. The Labute approximate surface area is 131 Å². The summed E-state index contributed by atoms with van der Waals surface area (Å²) in [5, 5.41) is 3.55. The molecule has 4 heteroatoms. The lowest BCUT2D eigenvalue weighted by Gasteiger charge is -2.39. The maximum atomic E-state index is 12.6. The van der Waals surface area contributed by atoms with Gasteiger partial charge in [0.05, 0.1) is 10.7 Å². The lowest BCUT2D eigenvalue weighted by Crippen LogP contribution is -2.40. The van der Waals surface area contributed by atoms with Crippen LogP contribution in [-0.2, 0) is 0 Å². The molecule has 1 aliphatic carbocycles. The van der Waals surface area contributed by atoms with Crippen LogP contribution in [0.5, 0.6) is 0 Å². The first-order valence-corrected chi connectivity index (χ1v) is 7.98. The molecule has 2 bridgehead atoms. The molecule has 1 N–H and O–H groups in total. The van der Waals surface area contributed by atoms with E-state index >= 15 is 0 Å². The summed E-state index contributed by atoms with van der Waals surface area (Å²) in [4.78, 5) is 14.6. The van der Waals surface area contributed by atoms with Crippen molar-refractivity contribution >= 4 is 23.3 Å². The number of rotatable bonds is 1. The number of nitrogens with one attached hydrogen (secondary N) is 1. The largest absolute Gasteiger partial charge is 0.322 e. The average molecular weight is 307 g/mol. The zero-order valence-electron chi connectivity index (χ0n) is 12.9. The number of amides is 2. The van der Waals surface area contributed by atoms with Gasteiger partial charge in [-0.15, -0.1) is 0 Å². The van der Waals surface area contributed by atoms with E-state index in [0.29, 0.717) is 22.2 Å². The Hall–Kier alpha value is -1.22. The minimum atomic E-state index is -0.0190. The molecule has 114 valence electrons. The molecule has 0 spiro atoms. The van der Waals surface area contributed by atoms with Gasteiger partial charge in [0.25, 0.3) is 0 Å². The smallest absolute Gasteiger partial charge is 0.321 e. The van der Waals surface area contributed by atoms with Crippen LogP contribution >= 0.6 is 11.6 Å². The zero-order valence-corrected chi connectivity index (χ0v) is 13.7. The highest BCUT2D eigenvalue weighted by atomic mass is 35.5. The van der Waals surface area contributed by atoms with Gasteiger partial charge in [-0.25, -0.2) is 4.79 Å². The summed E-state index contributed by atoms with van der Waals surface area (Å²) in [5.41, 5.74) is 1.26. The van der Waals surface area contributed by atoms with Crippen LogP contribution in [0.25, 0.3) is 0 Å². The molecule has 2 amide bonds. The van der Waals surface area contributed by atoms with Crippen molar-refractivity contribution in [1.82, 2.24) is 4.90 Å². The Kier molecular flexibility index (Phi) is 3.44. The van der Waals surface area contributed by atoms with Crippen molar-refractivity contribution in [3.05, 3.63) is 29.3 Å². The second-order valence-electron chi connectivity index (χ2n) is 7.75. The molecule has 1 aromatic rings. The third-order valence-electron chi connectivity index (χ3n) is 4.79. The van der Waals surface area contributed by atoms with Gasteiger partial charge >= 0.3 is 6.03 Å². The molecule has 21 heavy (non-hydrogen) atoms. The van der Waals surface area contributed by atoms with Gasteiger partial charge in [0.15, 0.2) is 0 Å². The summed E-state index contributed by atoms with van der Waals surface area (Å²) in [7, 11) is 0. The van der Waals surface area contributed by atoms with Gasteiger partial charge in [0, 0.05) is 12.6 Å². The van der Waals surface area contributed by atoms with Gasteiger partial charge in [-0.1, -0.05) is 44.5 Å². The van der Waals surface area contributed by atoms with Crippen LogP contribution in [-0.4, -0.2) is 23.5 Å². The number of hydrogen-bond acceptors (Lipinski definition) is 1. The highest BCUT2D eigenvalue weighted by molar-refractivity contribution is 6.33. The molecular formula is C17H23ClN2O. The first-order valence-electron chi connectivity index (χ1n) is 7.60. The number of benzene rings is 1. The van der Waals surface area contributed by atoms with E-state index < -0.39 is 0 Å². The third-order valence-corrected chi connectivity index (χ3v) is 5.12. The number of para-hydroxylation sites is 1. The van der Waals surface area contributed by atoms with Crippen LogP contribution in [0.4, 0.5) is 10.5 Å². The van der Waals surface area contributed by atoms with E-state index in [1.54, 1.807) is 6.07 Å². The van der Waals surface area contributed by atoms with Gasteiger partial charge in [0.2, 0.25) is 0 Å². The Balaban J connectivity index is 1.76. The molecule has 2 fully saturated rings. The number of likely N-dealkylation sites (tertiary alicyclic amines) is 1. The van der Waals surface area contributed by atoms with Crippen molar-refractivity contribution in [3.8, 4) is 0 Å². The number of anilines is 1.